The molecule has 24 heavy (non-hydrogen) atoms. The topological polar surface area (TPSA) is 82.6 Å². The second-order valence-corrected chi connectivity index (χ2v) is 5.04. The third-order valence-electron chi connectivity index (χ3n) is 3.29. The molecule has 3 aromatic heterocycles. The molecule has 3 heterocycles. The minimum Gasteiger partial charge on any atom is -0.318 e. The zero-order valence-corrected chi connectivity index (χ0v) is 12.8. The summed E-state index contributed by atoms with van der Waals surface area (Å²) in [7, 11) is 0. The molecule has 8 nitrogen and oxygen atoms in total. The van der Waals surface area contributed by atoms with Crippen LogP contribution in [-0.4, -0.2) is 35.2 Å². The molecular formula is C14H15F2N7O. The molecule has 0 saturated carbocycles. The van der Waals surface area contributed by atoms with Crippen LogP contribution in [0.15, 0.2) is 37.1 Å². The largest absolute Gasteiger partial charge is 0.333 e. The summed E-state index contributed by atoms with van der Waals surface area (Å²) >= 11 is 0. The molecule has 126 valence electrons. The van der Waals surface area contributed by atoms with Crippen molar-refractivity contribution < 1.29 is 13.6 Å². The van der Waals surface area contributed by atoms with Crippen LogP contribution in [0.3, 0.4) is 0 Å². The number of hydrogen-bond donors (Lipinski definition) is 1. The van der Waals surface area contributed by atoms with Gasteiger partial charge in [-0.3, -0.25) is 14.2 Å². The number of rotatable bonds is 6. The van der Waals surface area contributed by atoms with Gasteiger partial charge in [0.05, 0.1) is 24.6 Å². The second kappa shape index (κ2) is 6.60. The lowest BCUT2D eigenvalue weighted by Gasteiger charge is -2.00. The van der Waals surface area contributed by atoms with E-state index in [1.54, 1.807) is 21.8 Å². The number of halogens is 2. The molecule has 0 aliphatic carbocycles. The van der Waals surface area contributed by atoms with Crippen LogP contribution in [0.2, 0.25) is 0 Å². The van der Waals surface area contributed by atoms with Crippen LogP contribution in [0.25, 0.3) is 0 Å². The fraction of sp³-hybridized carbons (Fsp3) is 0.286. The van der Waals surface area contributed by atoms with Gasteiger partial charge in [0.25, 0.3) is 5.91 Å². The van der Waals surface area contributed by atoms with Gasteiger partial charge < -0.3 is 5.32 Å². The van der Waals surface area contributed by atoms with Crippen LogP contribution in [0.5, 0.6) is 0 Å². The van der Waals surface area contributed by atoms with Crippen molar-refractivity contribution in [1.29, 1.82) is 0 Å². The number of nitrogens with zero attached hydrogens (tertiary/aromatic N) is 6. The van der Waals surface area contributed by atoms with E-state index in [-0.39, 0.29) is 5.69 Å². The molecule has 0 unspecified atom stereocenters. The number of anilines is 1. The van der Waals surface area contributed by atoms with Crippen LogP contribution < -0.4 is 5.32 Å². The van der Waals surface area contributed by atoms with E-state index in [0.29, 0.717) is 16.9 Å². The van der Waals surface area contributed by atoms with Crippen LogP contribution in [0.4, 0.5) is 14.5 Å². The van der Waals surface area contributed by atoms with Gasteiger partial charge in [-0.2, -0.15) is 24.1 Å². The van der Waals surface area contributed by atoms with E-state index in [9.17, 15) is 13.6 Å². The molecule has 0 spiro atoms. The first-order chi connectivity index (χ1) is 11.5. The highest BCUT2D eigenvalue weighted by atomic mass is 19.3. The van der Waals surface area contributed by atoms with Crippen LogP contribution in [0, 0.1) is 0 Å². The normalized spacial score (nSPS) is 11.2. The Kier molecular flexibility index (Phi) is 4.36. The fourth-order valence-electron chi connectivity index (χ4n) is 2.13. The predicted molar refractivity (Wildman–Crippen MR) is 80.7 cm³/mol. The smallest absolute Gasteiger partial charge is 0.318 e. The maximum Gasteiger partial charge on any atom is 0.333 e. The first-order valence-corrected chi connectivity index (χ1v) is 7.23. The predicted octanol–water partition coefficient (Wildman–Crippen LogP) is 1.99. The van der Waals surface area contributed by atoms with E-state index < -0.39 is 12.5 Å². The number of nitrogens with one attached hydrogen (secondary N) is 1. The van der Waals surface area contributed by atoms with Gasteiger partial charge in [0.2, 0.25) is 0 Å². The molecule has 3 rings (SSSR count). The Morgan fingerprint density at radius 3 is 2.71 bits per heavy atom. The van der Waals surface area contributed by atoms with E-state index in [2.05, 4.69) is 20.6 Å². The Morgan fingerprint density at radius 2 is 2.04 bits per heavy atom. The molecule has 0 saturated heterocycles. The maximum atomic E-state index is 12.5. The summed E-state index contributed by atoms with van der Waals surface area (Å²) in [5.74, 6) is -0.576. The number of carbonyl (C=O) groups excluding carboxylic acids is 1. The van der Waals surface area contributed by atoms with Crippen molar-refractivity contribution in [2.24, 2.45) is 0 Å². The van der Waals surface area contributed by atoms with E-state index in [1.807, 2.05) is 13.1 Å². The highest BCUT2D eigenvalue weighted by Gasteiger charge is 2.14. The second-order valence-electron chi connectivity index (χ2n) is 5.04. The number of aromatic nitrogens is 6. The van der Waals surface area contributed by atoms with Gasteiger partial charge >= 0.3 is 6.55 Å². The third kappa shape index (κ3) is 3.47. The summed E-state index contributed by atoms with van der Waals surface area (Å²) in [5.41, 5.74) is 1.34. The fourth-order valence-corrected chi connectivity index (χ4v) is 2.13. The van der Waals surface area contributed by atoms with Gasteiger partial charge in [-0.25, -0.2) is 4.68 Å². The first-order valence-electron chi connectivity index (χ1n) is 7.23. The van der Waals surface area contributed by atoms with Crippen LogP contribution in [-0.2, 0) is 13.1 Å². The third-order valence-corrected chi connectivity index (χ3v) is 3.29. The Balaban J connectivity index is 1.63. The first kappa shape index (κ1) is 15.8. The standard InChI is InChI=1S/C14H15F2N7O/c1-2-21-7-10(5-17-21)8-22-9-11(6-18-22)19-13(24)12-3-4-23(20-12)14(15)16/h3-7,9,14H,2,8H2,1H3,(H,19,24). The van der Waals surface area contributed by atoms with E-state index >= 15 is 0 Å². The quantitative estimate of drug-likeness (QED) is 0.747. The number of hydrogen-bond acceptors (Lipinski definition) is 4. The monoisotopic (exact) mass is 335 g/mol. The van der Waals surface area contributed by atoms with Crippen molar-refractivity contribution >= 4 is 11.6 Å². The van der Waals surface area contributed by atoms with E-state index in [0.717, 1.165) is 18.3 Å². The highest BCUT2D eigenvalue weighted by Crippen LogP contribution is 2.12. The Bertz CT molecular complexity index is 836. The number of aryl methyl sites for hydroxylation is 1. The molecule has 1 amide bonds. The summed E-state index contributed by atoms with van der Waals surface area (Å²) in [6, 6.07) is 1.23. The zero-order chi connectivity index (χ0) is 17.1. The SMILES string of the molecule is CCn1cc(Cn2cc(NC(=O)c3ccn(C(F)F)n3)cn2)cn1. The molecule has 0 aliphatic heterocycles. The minimum absolute atomic E-state index is 0.0905. The molecule has 0 fully saturated rings. The van der Waals surface area contributed by atoms with Gasteiger partial charge in [0, 0.05) is 30.7 Å². The van der Waals surface area contributed by atoms with Crippen molar-refractivity contribution in [2.75, 3.05) is 5.32 Å². The summed E-state index contributed by atoms with van der Waals surface area (Å²) < 4.78 is 28.8. The average Bonchev–Trinajstić information content (AvgIpc) is 3.27. The molecule has 0 aromatic carbocycles. The van der Waals surface area contributed by atoms with Crippen LogP contribution >= 0.6 is 0 Å². The molecule has 0 radical (unpaired) electrons. The van der Waals surface area contributed by atoms with Gasteiger partial charge in [0.1, 0.15) is 0 Å². The number of carbonyl (C=O) groups is 1. The van der Waals surface area contributed by atoms with E-state index in [1.165, 1.54) is 12.3 Å². The van der Waals surface area contributed by atoms with Crippen molar-refractivity contribution in [3.8, 4) is 0 Å². The lowest BCUT2D eigenvalue weighted by Crippen LogP contribution is -2.13. The summed E-state index contributed by atoms with van der Waals surface area (Å²) in [6.07, 6.45) is 7.84. The van der Waals surface area contributed by atoms with E-state index in [4.69, 9.17) is 0 Å². The highest BCUT2D eigenvalue weighted by molar-refractivity contribution is 6.02. The van der Waals surface area contributed by atoms with Gasteiger partial charge in [0.15, 0.2) is 5.69 Å². The number of alkyl halides is 2. The molecule has 3 aromatic rings. The molecular weight excluding hydrogens is 320 g/mol. The number of amides is 1. The van der Waals surface area contributed by atoms with Gasteiger partial charge in [-0.1, -0.05) is 0 Å². The van der Waals surface area contributed by atoms with Crippen LogP contribution in [0.1, 0.15) is 29.5 Å². The Morgan fingerprint density at radius 1 is 1.25 bits per heavy atom. The summed E-state index contributed by atoms with van der Waals surface area (Å²) in [6.45, 7) is 0.508. The summed E-state index contributed by atoms with van der Waals surface area (Å²) in [5, 5.41) is 14.4. The van der Waals surface area contributed by atoms with Gasteiger partial charge in [-0.15, -0.1) is 0 Å². The molecule has 0 atom stereocenters. The summed E-state index contributed by atoms with van der Waals surface area (Å²) in [4.78, 5) is 12.0. The zero-order valence-electron chi connectivity index (χ0n) is 12.8. The van der Waals surface area contributed by atoms with Gasteiger partial charge in [-0.05, 0) is 13.0 Å². The van der Waals surface area contributed by atoms with Crippen molar-refractivity contribution in [1.82, 2.24) is 29.3 Å². The lowest BCUT2D eigenvalue weighted by molar-refractivity contribution is 0.0561. The molecule has 0 aliphatic rings. The molecule has 0 bridgehead atoms. The van der Waals surface area contributed by atoms with Crippen molar-refractivity contribution in [3.63, 3.8) is 0 Å². The Labute approximate surface area is 135 Å². The Hall–Kier alpha value is -3.04. The van der Waals surface area contributed by atoms with Crippen molar-refractivity contribution in [3.05, 3.63) is 48.3 Å². The minimum atomic E-state index is -2.78. The maximum absolute atomic E-state index is 12.5. The average molecular weight is 335 g/mol. The molecule has 1 N–H and O–H groups in total. The molecule has 10 heteroatoms. The van der Waals surface area contributed by atoms with Crippen molar-refractivity contribution in [2.45, 2.75) is 26.6 Å². The lowest BCUT2D eigenvalue weighted by atomic mass is 10.3.